The molecule has 0 fully saturated rings. The van der Waals surface area contributed by atoms with Crippen LogP contribution in [-0.4, -0.2) is 70.0 Å². The Morgan fingerprint density at radius 2 is 0.949 bits per heavy atom. The number of nitrogens with zero attached hydrogens (tertiary/aromatic N) is 1. The highest BCUT2D eigenvalue weighted by atomic mass is 31.2. The fourth-order valence-corrected chi connectivity index (χ4v) is 7.08. The van der Waals surface area contributed by atoms with Crippen molar-refractivity contribution in [3.8, 4) is 0 Å². The van der Waals surface area contributed by atoms with E-state index < -0.39 is 32.5 Å². The molecule has 0 aromatic heterocycles. The molecule has 0 radical (unpaired) electrons. The average Bonchev–Trinajstić information content (AvgIpc) is 3.19. The van der Waals surface area contributed by atoms with E-state index in [9.17, 15) is 19.0 Å². The van der Waals surface area contributed by atoms with Gasteiger partial charge in [0.2, 0.25) is 0 Å². The van der Waals surface area contributed by atoms with Crippen LogP contribution in [-0.2, 0) is 32.7 Å². The molecule has 2 atom stereocenters. The van der Waals surface area contributed by atoms with Crippen molar-refractivity contribution in [1.29, 1.82) is 0 Å². The van der Waals surface area contributed by atoms with Gasteiger partial charge in [-0.3, -0.25) is 14.2 Å². The van der Waals surface area contributed by atoms with Crippen LogP contribution in [0.15, 0.2) is 48.6 Å². The van der Waals surface area contributed by atoms with E-state index in [0.29, 0.717) is 17.4 Å². The predicted octanol–water partition coefficient (Wildman–Crippen LogP) is 13.2. The zero-order valence-electron chi connectivity index (χ0n) is 38.7. The van der Waals surface area contributed by atoms with E-state index in [4.69, 9.17) is 18.5 Å². The first kappa shape index (κ1) is 57.0. The summed E-state index contributed by atoms with van der Waals surface area (Å²) >= 11 is 0. The fourth-order valence-electron chi connectivity index (χ4n) is 6.35. The van der Waals surface area contributed by atoms with Crippen LogP contribution in [0, 0.1) is 0 Å². The number of carbonyl (C=O) groups excluding carboxylic acids is 2. The maximum atomic E-state index is 12.7. The number of rotatable bonds is 43. The SMILES string of the molecule is CCC/C=C/C/C=C/C/C=C/C/C=C/CCCCCC(=O)O[C@H](COC(=O)CCCCCCCCCCCCCCCCCCCC)COP(=O)([O-])OCC[N+](C)(C)C. The molecule has 59 heavy (non-hydrogen) atoms. The fraction of sp³-hybridized carbons (Fsp3) is 0.796. The summed E-state index contributed by atoms with van der Waals surface area (Å²) in [5, 5.41) is 0. The molecule has 0 aliphatic rings. The monoisotopic (exact) mass is 852 g/mol. The largest absolute Gasteiger partial charge is 0.756 e. The Morgan fingerprint density at radius 3 is 1.42 bits per heavy atom. The number of allylic oxidation sites excluding steroid dienone is 8. The van der Waals surface area contributed by atoms with Crippen molar-refractivity contribution in [2.24, 2.45) is 0 Å². The average molecular weight is 852 g/mol. The van der Waals surface area contributed by atoms with Gasteiger partial charge in [-0.25, -0.2) is 0 Å². The number of hydrogen-bond acceptors (Lipinski definition) is 8. The third-order valence-electron chi connectivity index (χ3n) is 10.1. The Bertz CT molecular complexity index is 1150. The van der Waals surface area contributed by atoms with Crippen LogP contribution in [0.3, 0.4) is 0 Å². The maximum Gasteiger partial charge on any atom is 0.306 e. The highest BCUT2D eigenvalue weighted by Gasteiger charge is 2.21. The maximum absolute atomic E-state index is 12.7. The first-order valence-electron chi connectivity index (χ1n) is 23.8. The Morgan fingerprint density at radius 1 is 0.525 bits per heavy atom. The molecule has 0 saturated carbocycles. The summed E-state index contributed by atoms with van der Waals surface area (Å²) in [6.07, 6.45) is 48.5. The molecule has 0 aromatic rings. The minimum atomic E-state index is -4.64. The third kappa shape index (κ3) is 45.3. The number of phosphoric ester groups is 1. The summed E-state index contributed by atoms with van der Waals surface area (Å²) in [6, 6.07) is 0. The van der Waals surface area contributed by atoms with Gasteiger partial charge in [-0.1, -0.05) is 184 Å². The van der Waals surface area contributed by atoms with Crippen molar-refractivity contribution in [1.82, 2.24) is 0 Å². The highest BCUT2D eigenvalue weighted by Crippen LogP contribution is 2.38. The molecule has 0 N–H and O–H groups in total. The van der Waals surface area contributed by atoms with E-state index in [2.05, 4.69) is 62.5 Å². The van der Waals surface area contributed by atoms with Crippen LogP contribution in [0.4, 0.5) is 0 Å². The molecule has 9 nitrogen and oxygen atoms in total. The summed E-state index contributed by atoms with van der Waals surface area (Å²) in [4.78, 5) is 37.6. The van der Waals surface area contributed by atoms with Gasteiger partial charge in [-0.05, 0) is 51.4 Å². The standard InChI is InChI=1S/C49H90NO8P/c1-6-8-10-12-14-16-18-20-22-24-26-27-29-31-33-35-37-39-41-48(51)55-45-47(46-57-59(53,54)56-44-43-50(3,4)5)58-49(52)42-40-38-36-34-32-30-28-25-23-21-19-17-15-13-11-9-7-2/h11,13,17,19,23,25,30,32,47H,6-10,12,14-16,18,20-22,24,26-29,31,33-46H2,1-5H3/b13-11+,19-17+,25-23+,32-30+/t47-/m1/s1. The molecule has 0 spiro atoms. The smallest absolute Gasteiger partial charge is 0.306 e. The van der Waals surface area contributed by atoms with Crippen molar-refractivity contribution in [2.75, 3.05) is 47.5 Å². The van der Waals surface area contributed by atoms with Gasteiger partial charge in [0.25, 0.3) is 7.82 Å². The van der Waals surface area contributed by atoms with Gasteiger partial charge in [0.05, 0.1) is 27.7 Å². The van der Waals surface area contributed by atoms with Gasteiger partial charge in [0.1, 0.15) is 19.8 Å². The molecule has 1 unspecified atom stereocenters. The number of ether oxygens (including phenoxy) is 2. The molecule has 344 valence electrons. The number of hydrogen-bond donors (Lipinski definition) is 0. The molecule has 0 saturated heterocycles. The number of likely N-dealkylation sites (N-methyl/N-ethyl adjacent to an activating group) is 1. The molecular weight excluding hydrogens is 762 g/mol. The lowest BCUT2D eigenvalue weighted by Gasteiger charge is -2.28. The highest BCUT2D eigenvalue weighted by molar-refractivity contribution is 7.45. The van der Waals surface area contributed by atoms with Gasteiger partial charge in [0.15, 0.2) is 6.10 Å². The minimum absolute atomic E-state index is 0.0376. The van der Waals surface area contributed by atoms with Gasteiger partial charge >= 0.3 is 11.9 Å². The molecule has 10 heteroatoms. The number of esters is 2. The lowest BCUT2D eigenvalue weighted by molar-refractivity contribution is -0.870. The quantitative estimate of drug-likeness (QED) is 0.0196. The van der Waals surface area contributed by atoms with Gasteiger partial charge in [0, 0.05) is 12.8 Å². The first-order chi connectivity index (χ1) is 28.5. The second-order valence-electron chi connectivity index (χ2n) is 17.1. The first-order valence-corrected chi connectivity index (χ1v) is 25.3. The van der Waals surface area contributed by atoms with Crippen molar-refractivity contribution in [3.05, 3.63) is 48.6 Å². The van der Waals surface area contributed by atoms with E-state index >= 15 is 0 Å². The second-order valence-corrected chi connectivity index (χ2v) is 18.5. The zero-order valence-corrected chi connectivity index (χ0v) is 39.6. The molecule has 0 aliphatic heterocycles. The molecule has 0 bridgehead atoms. The van der Waals surface area contributed by atoms with Crippen molar-refractivity contribution in [2.45, 2.75) is 206 Å². The van der Waals surface area contributed by atoms with Gasteiger partial charge < -0.3 is 27.9 Å². The van der Waals surface area contributed by atoms with Crippen LogP contribution in [0.2, 0.25) is 0 Å². The van der Waals surface area contributed by atoms with Gasteiger partial charge in [-0.15, -0.1) is 0 Å². The van der Waals surface area contributed by atoms with Crippen LogP contribution in [0.25, 0.3) is 0 Å². The number of quaternary nitrogens is 1. The van der Waals surface area contributed by atoms with Crippen LogP contribution >= 0.6 is 7.82 Å². The second kappa shape index (κ2) is 41.3. The van der Waals surface area contributed by atoms with Crippen LogP contribution in [0.5, 0.6) is 0 Å². The van der Waals surface area contributed by atoms with E-state index in [-0.39, 0.29) is 26.1 Å². The normalized spacial score (nSPS) is 13.9. The van der Waals surface area contributed by atoms with E-state index in [0.717, 1.165) is 64.2 Å². The van der Waals surface area contributed by atoms with Gasteiger partial charge in [-0.2, -0.15) is 0 Å². The summed E-state index contributed by atoms with van der Waals surface area (Å²) in [7, 11) is 1.14. The summed E-state index contributed by atoms with van der Waals surface area (Å²) in [5.41, 5.74) is 0. The molecule has 0 amide bonds. The zero-order chi connectivity index (χ0) is 43.6. The molecule has 0 rings (SSSR count). The summed E-state index contributed by atoms with van der Waals surface area (Å²) < 4.78 is 33.9. The third-order valence-corrected chi connectivity index (χ3v) is 11.0. The number of carbonyl (C=O) groups is 2. The lowest BCUT2D eigenvalue weighted by atomic mass is 10.0. The van der Waals surface area contributed by atoms with Crippen LogP contribution in [0.1, 0.15) is 200 Å². The summed E-state index contributed by atoms with van der Waals surface area (Å²) in [5.74, 6) is -0.866. The molecule has 0 heterocycles. The molecule has 0 aliphatic carbocycles. The molecule has 0 aromatic carbocycles. The van der Waals surface area contributed by atoms with E-state index in [1.54, 1.807) is 0 Å². The van der Waals surface area contributed by atoms with Crippen molar-refractivity contribution >= 4 is 19.8 Å². The van der Waals surface area contributed by atoms with E-state index in [1.165, 1.54) is 103 Å². The Labute approximate surface area is 363 Å². The van der Waals surface area contributed by atoms with Crippen LogP contribution < -0.4 is 4.89 Å². The summed E-state index contributed by atoms with van der Waals surface area (Å²) in [6.45, 7) is 4.14. The van der Waals surface area contributed by atoms with E-state index in [1.807, 2.05) is 21.1 Å². The lowest BCUT2D eigenvalue weighted by Crippen LogP contribution is -2.37. The minimum Gasteiger partial charge on any atom is -0.756 e. The van der Waals surface area contributed by atoms with Crippen molar-refractivity contribution < 1.29 is 42.1 Å². The predicted molar refractivity (Wildman–Crippen MR) is 245 cm³/mol. The number of phosphoric acid groups is 1. The van der Waals surface area contributed by atoms with Crippen molar-refractivity contribution in [3.63, 3.8) is 0 Å². The topological polar surface area (TPSA) is 111 Å². The Balaban J connectivity index is 4.34. The molecular formula is C49H90NO8P. The Kier molecular flexibility index (Phi) is 39.9. The number of unbranched alkanes of at least 4 members (excludes halogenated alkanes) is 21. The Hall–Kier alpha value is -2.03.